The Labute approximate surface area is 295 Å². The number of aliphatic carboxylic acids is 2. The van der Waals surface area contributed by atoms with Gasteiger partial charge in [0.1, 0.15) is 6.10 Å². The van der Waals surface area contributed by atoms with Gasteiger partial charge in [0.2, 0.25) is 5.91 Å². The van der Waals surface area contributed by atoms with Gasteiger partial charge in [-0.05, 0) is 115 Å². The minimum atomic E-state index is -0.901. The summed E-state index contributed by atoms with van der Waals surface area (Å²) >= 11 is 0. The van der Waals surface area contributed by atoms with Crippen molar-refractivity contribution in [2.75, 3.05) is 6.54 Å². The molecular weight excluding hydrogens is 618 g/mol. The summed E-state index contributed by atoms with van der Waals surface area (Å²) in [5, 5.41) is 21.6. The van der Waals surface area contributed by atoms with Crippen LogP contribution in [-0.2, 0) is 23.9 Å². The minimum Gasteiger partial charge on any atom is -0.481 e. The molecule has 0 radical (unpaired) electrons. The van der Waals surface area contributed by atoms with Crippen molar-refractivity contribution in [3.63, 3.8) is 0 Å². The minimum absolute atomic E-state index is 0.0156. The van der Waals surface area contributed by atoms with E-state index in [0.29, 0.717) is 24.8 Å². The first-order valence-electron chi connectivity index (χ1n) is 19.2. The van der Waals surface area contributed by atoms with Crippen molar-refractivity contribution < 1.29 is 34.1 Å². The number of carboxylic acid groups (broad SMARTS) is 2. The maximum Gasteiger partial charge on any atom is 0.306 e. The first-order chi connectivity index (χ1) is 22.5. The molecule has 8 atom stereocenters. The van der Waals surface area contributed by atoms with Crippen molar-refractivity contribution in [1.82, 2.24) is 5.32 Å². The van der Waals surface area contributed by atoms with Crippen LogP contribution < -0.4 is 5.32 Å². The van der Waals surface area contributed by atoms with Crippen molar-refractivity contribution >= 4 is 23.8 Å². The lowest BCUT2D eigenvalue weighted by atomic mass is 9.33. The van der Waals surface area contributed by atoms with E-state index in [1.54, 1.807) is 0 Å². The second-order valence-electron chi connectivity index (χ2n) is 19.9. The summed E-state index contributed by atoms with van der Waals surface area (Å²) in [5.41, 5.74) is 0.509. The molecule has 0 aromatic heterocycles. The number of fused-ring (bicyclic) bond motifs is 7. The predicted octanol–water partition coefficient (Wildman–Crippen LogP) is 8.57. The molecule has 0 saturated heterocycles. The van der Waals surface area contributed by atoms with Crippen LogP contribution in [0, 0.1) is 55.7 Å². The van der Waals surface area contributed by atoms with Gasteiger partial charge in [0.25, 0.3) is 0 Å². The van der Waals surface area contributed by atoms with Gasteiger partial charge in [0.15, 0.2) is 0 Å². The molecule has 0 aromatic carbocycles. The summed E-state index contributed by atoms with van der Waals surface area (Å²) in [6, 6.07) is 0. The van der Waals surface area contributed by atoms with E-state index in [-0.39, 0.29) is 70.2 Å². The van der Waals surface area contributed by atoms with Crippen LogP contribution >= 0.6 is 0 Å². The van der Waals surface area contributed by atoms with Gasteiger partial charge in [0.05, 0.1) is 18.3 Å². The number of hydrogen-bond donors (Lipinski definition) is 3. The number of carboxylic acids is 2. The molecule has 0 aliphatic heterocycles. The van der Waals surface area contributed by atoms with Crippen LogP contribution in [0.3, 0.4) is 0 Å². The molecule has 276 valence electrons. The van der Waals surface area contributed by atoms with Crippen molar-refractivity contribution in [2.45, 2.75) is 158 Å². The molecule has 8 nitrogen and oxygen atoms in total. The lowest BCUT2D eigenvalue weighted by molar-refractivity contribution is -0.213. The van der Waals surface area contributed by atoms with Crippen molar-refractivity contribution in [3.05, 3.63) is 11.6 Å². The molecule has 4 saturated carbocycles. The summed E-state index contributed by atoms with van der Waals surface area (Å²) in [7, 11) is 0. The molecular formula is C41H65NO7. The van der Waals surface area contributed by atoms with Gasteiger partial charge in [-0.1, -0.05) is 74.0 Å². The third kappa shape index (κ3) is 6.49. The number of esters is 1. The summed E-state index contributed by atoms with van der Waals surface area (Å²) in [4.78, 5) is 49.8. The number of hydrogen-bond acceptors (Lipinski definition) is 5. The van der Waals surface area contributed by atoms with Crippen LogP contribution in [0.1, 0.15) is 152 Å². The molecule has 5 aliphatic carbocycles. The average molecular weight is 684 g/mol. The van der Waals surface area contributed by atoms with Crippen LogP contribution in [0.5, 0.6) is 0 Å². The lowest BCUT2D eigenvalue weighted by Gasteiger charge is -2.71. The van der Waals surface area contributed by atoms with Crippen LogP contribution in [0.25, 0.3) is 0 Å². The number of allylic oxidation sites excluding steroid dienone is 2. The van der Waals surface area contributed by atoms with Gasteiger partial charge >= 0.3 is 17.9 Å². The molecule has 5 rings (SSSR count). The number of carbonyl (C=O) groups excluding carboxylic acids is 2. The van der Waals surface area contributed by atoms with Crippen LogP contribution in [0.4, 0.5) is 0 Å². The Morgan fingerprint density at radius 2 is 1.53 bits per heavy atom. The Bertz CT molecular complexity index is 1380. The Hall–Kier alpha value is -2.38. The third-order valence-corrected chi connectivity index (χ3v) is 15.4. The second kappa shape index (κ2) is 12.7. The van der Waals surface area contributed by atoms with Gasteiger partial charge in [-0.2, -0.15) is 0 Å². The highest BCUT2D eigenvalue weighted by molar-refractivity contribution is 5.84. The van der Waals surface area contributed by atoms with Crippen molar-refractivity contribution in [2.24, 2.45) is 55.7 Å². The molecule has 8 heteroatoms. The molecule has 5 aliphatic rings. The quantitative estimate of drug-likeness (QED) is 0.119. The van der Waals surface area contributed by atoms with Gasteiger partial charge in [-0.25, -0.2) is 0 Å². The first-order valence-corrected chi connectivity index (χ1v) is 19.2. The molecule has 49 heavy (non-hydrogen) atoms. The van der Waals surface area contributed by atoms with E-state index in [1.807, 2.05) is 13.8 Å². The van der Waals surface area contributed by atoms with Crippen LogP contribution in [0.2, 0.25) is 0 Å². The standard InChI is InChI=1S/C41H65NO7/c1-35(2)18-20-41(34(48)42-22-10-11-31(43)44)21-19-39(8)26(27(41)23-35)12-13-29-38(7)16-15-30(37(5,6)28(38)14-17-40(29,39)9)49-33(47)25-36(3,4)24-32(45)46/h12,27-30H,10-11,13-25H2,1-9H3,(H,42,48)(H,43,44)(H,45,46)/t27-,28-,29+,30-,38-,39+,40+,41-/m0/s1. The number of nitrogens with one attached hydrogen (secondary N) is 1. The molecule has 0 unspecified atom stereocenters. The Morgan fingerprint density at radius 3 is 2.18 bits per heavy atom. The Morgan fingerprint density at radius 1 is 0.857 bits per heavy atom. The SMILES string of the molecule is CC(C)(CC(=O)O)CC(=O)O[C@H]1CC[C@]2(C)[C@H]3CC=C4[C@@H]5CC(C)(C)CC[C@]5(C(=O)NCCCC(=O)O)CC[C@@]4(C)[C@]3(C)CC[C@H]2C1(C)C. The van der Waals surface area contributed by atoms with Crippen molar-refractivity contribution in [1.29, 1.82) is 0 Å². The van der Waals surface area contributed by atoms with E-state index >= 15 is 0 Å². The highest BCUT2D eigenvalue weighted by atomic mass is 16.5. The van der Waals surface area contributed by atoms with E-state index in [4.69, 9.17) is 9.84 Å². The maximum atomic E-state index is 14.1. The fraction of sp³-hybridized carbons (Fsp3) is 0.854. The maximum absolute atomic E-state index is 14.1. The Kier molecular flexibility index (Phi) is 9.80. The highest BCUT2D eigenvalue weighted by Gasteiger charge is 2.69. The predicted molar refractivity (Wildman–Crippen MR) is 189 cm³/mol. The number of amides is 1. The molecule has 0 heterocycles. The first kappa shape index (κ1) is 37.9. The molecule has 0 spiro atoms. The molecule has 1 amide bonds. The molecule has 4 fully saturated rings. The average Bonchev–Trinajstić information content (AvgIpc) is 2.95. The van der Waals surface area contributed by atoms with Gasteiger partial charge in [-0.3, -0.25) is 19.2 Å². The fourth-order valence-corrected chi connectivity index (χ4v) is 12.5. The molecule has 3 N–H and O–H groups in total. The number of ether oxygens (including phenoxy) is 1. The molecule has 0 aromatic rings. The zero-order valence-corrected chi connectivity index (χ0v) is 31.9. The van der Waals surface area contributed by atoms with Crippen LogP contribution in [-0.4, -0.2) is 46.7 Å². The zero-order chi connectivity index (χ0) is 36.4. The van der Waals surface area contributed by atoms with Gasteiger partial charge in [-0.15, -0.1) is 0 Å². The topological polar surface area (TPSA) is 130 Å². The number of carbonyl (C=O) groups is 4. The summed E-state index contributed by atoms with van der Waals surface area (Å²) in [6.07, 6.45) is 12.7. The van der Waals surface area contributed by atoms with E-state index in [0.717, 1.165) is 64.2 Å². The monoisotopic (exact) mass is 683 g/mol. The molecule has 0 bridgehead atoms. The third-order valence-electron chi connectivity index (χ3n) is 15.4. The highest BCUT2D eigenvalue weighted by Crippen LogP contribution is 2.76. The number of rotatable bonds is 10. The lowest BCUT2D eigenvalue weighted by Crippen LogP contribution is -2.65. The summed E-state index contributed by atoms with van der Waals surface area (Å²) < 4.78 is 6.23. The van der Waals surface area contributed by atoms with Gasteiger partial charge in [0, 0.05) is 18.4 Å². The second-order valence-corrected chi connectivity index (χ2v) is 19.9. The van der Waals surface area contributed by atoms with E-state index in [9.17, 15) is 24.3 Å². The largest absolute Gasteiger partial charge is 0.481 e. The van der Waals surface area contributed by atoms with E-state index < -0.39 is 22.8 Å². The zero-order valence-electron chi connectivity index (χ0n) is 31.9. The van der Waals surface area contributed by atoms with Crippen molar-refractivity contribution in [3.8, 4) is 0 Å². The van der Waals surface area contributed by atoms with E-state index in [1.165, 1.54) is 5.57 Å². The van der Waals surface area contributed by atoms with E-state index in [2.05, 4.69) is 59.9 Å². The fourth-order valence-electron chi connectivity index (χ4n) is 12.5. The smallest absolute Gasteiger partial charge is 0.306 e. The van der Waals surface area contributed by atoms with Gasteiger partial charge < -0.3 is 20.3 Å². The normalized spacial score (nSPS) is 39.2. The summed E-state index contributed by atoms with van der Waals surface area (Å²) in [5.74, 6) is -0.831. The summed E-state index contributed by atoms with van der Waals surface area (Å²) in [6.45, 7) is 20.9. The Balaban J connectivity index is 1.40. The van der Waals surface area contributed by atoms with Crippen LogP contribution in [0.15, 0.2) is 11.6 Å².